The van der Waals surface area contributed by atoms with Gasteiger partial charge in [-0.05, 0) is 32.9 Å². The Morgan fingerprint density at radius 3 is 2.63 bits per heavy atom. The molecule has 0 fully saturated rings. The van der Waals surface area contributed by atoms with E-state index in [0.29, 0.717) is 0 Å². The van der Waals surface area contributed by atoms with Gasteiger partial charge in [0, 0.05) is 12.6 Å². The number of anilines is 1. The number of nitrogens with zero attached hydrogens (tertiary/aromatic N) is 5. The minimum absolute atomic E-state index is 0.0259. The van der Waals surface area contributed by atoms with Crippen LogP contribution in [0.5, 0.6) is 0 Å². The smallest absolute Gasteiger partial charge is 0.204 e. The molecule has 0 saturated carbocycles. The number of hydrogen-bond acceptors (Lipinski definition) is 4. The van der Waals surface area contributed by atoms with E-state index in [-0.39, 0.29) is 5.54 Å². The third-order valence-corrected chi connectivity index (χ3v) is 3.44. The fraction of sp³-hybridized carbons (Fsp3) is 0.357. The summed E-state index contributed by atoms with van der Waals surface area (Å²) < 4.78 is 1.99. The van der Waals surface area contributed by atoms with Gasteiger partial charge >= 0.3 is 0 Å². The number of rotatable bonds is 1. The maximum atomic E-state index is 4.74. The van der Waals surface area contributed by atoms with Gasteiger partial charge in [-0.2, -0.15) is 0 Å². The van der Waals surface area contributed by atoms with Crippen molar-refractivity contribution in [2.24, 2.45) is 0 Å². The van der Waals surface area contributed by atoms with Crippen LogP contribution in [0.4, 0.5) is 5.82 Å². The van der Waals surface area contributed by atoms with Gasteiger partial charge in [-0.3, -0.25) is 4.40 Å². The lowest BCUT2D eigenvalue weighted by Crippen LogP contribution is -2.39. The first-order valence-electron chi connectivity index (χ1n) is 6.31. The Labute approximate surface area is 111 Å². The molecule has 19 heavy (non-hydrogen) atoms. The lowest BCUT2D eigenvalue weighted by molar-refractivity contribution is 0.535. The van der Waals surface area contributed by atoms with Crippen molar-refractivity contribution in [1.29, 1.82) is 0 Å². The van der Waals surface area contributed by atoms with Crippen LogP contribution < -0.4 is 4.90 Å². The second-order valence-corrected chi connectivity index (χ2v) is 5.68. The van der Waals surface area contributed by atoms with E-state index in [1.165, 1.54) is 0 Å². The monoisotopic (exact) mass is 255 g/mol. The first-order chi connectivity index (χ1) is 8.98. The predicted molar refractivity (Wildman–Crippen MR) is 76.4 cm³/mol. The molecule has 0 aliphatic rings. The van der Waals surface area contributed by atoms with Crippen LogP contribution in [0.1, 0.15) is 20.8 Å². The van der Waals surface area contributed by atoms with Gasteiger partial charge in [0.25, 0.3) is 0 Å². The quantitative estimate of drug-likeness (QED) is 0.670. The first kappa shape index (κ1) is 11.9. The molecule has 0 unspecified atom stereocenters. The maximum Gasteiger partial charge on any atom is 0.204 e. The Kier molecular flexibility index (Phi) is 2.45. The van der Waals surface area contributed by atoms with Crippen LogP contribution in [0.25, 0.3) is 16.7 Å². The van der Waals surface area contributed by atoms with Gasteiger partial charge in [-0.1, -0.05) is 12.1 Å². The minimum Gasteiger partial charge on any atom is -0.352 e. The molecule has 0 atom stereocenters. The van der Waals surface area contributed by atoms with Crippen molar-refractivity contribution in [1.82, 2.24) is 19.6 Å². The Bertz CT molecular complexity index is 738. The average Bonchev–Trinajstić information content (AvgIpc) is 2.85. The van der Waals surface area contributed by atoms with Crippen LogP contribution in [0, 0.1) is 0 Å². The number of para-hydroxylation sites is 2. The molecule has 2 aromatic heterocycles. The zero-order chi connectivity index (χ0) is 13.6. The summed E-state index contributed by atoms with van der Waals surface area (Å²) in [7, 11) is 2.03. The number of hydrogen-bond donors (Lipinski definition) is 0. The molecule has 0 radical (unpaired) electrons. The molecule has 0 spiro atoms. The second-order valence-electron chi connectivity index (χ2n) is 5.68. The minimum atomic E-state index is -0.0259. The number of aromatic nitrogens is 4. The van der Waals surface area contributed by atoms with E-state index in [0.717, 1.165) is 22.5 Å². The normalized spacial score (nSPS) is 12.2. The second kappa shape index (κ2) is 3.91. The highest BCUT2D eigenvalue weighted by atomic mass is 15.3. The van der Waals surface area contributed by atoms with Crippen molar-refractivity contribution in [3.63, 3.8) is 0 Å². The molecule has 0 amide bonds. The average molecular weight is 255 g/mol. The van der Waals surface area contributed by atoms with E-state index >= 15 is 0 Å². The summed E-state index contributed by atoms with van der Waals surface area (Å²) in [4.78, 5) is 6.87. The van der Waals surface area contributed by atoms with Crippen LogP contribution in [0.3, 0.4) is 0 Å². The van der Waals surface area contributed by atoms with Gasteiger partial charge < -0.3 is 4.90 Å². The van der Waals surface area contributed by atoms with Crippen LogP contribution in [-0.4, -0.2) is 32.2 Å². The van der Waals surface area contributed by atoms with Crippen molar-refractivity contribution in [3.8, 4) is 0 Å². The summed E-state index contributed by atoms with van der Waals surface area (Å²) >= 11 is 0. The Morgan fingerprint density at radius 1 is 1.16 bits per heavy atom. The molecule has 0 aliphatic carbocycles. The molecule has 98 valence electrons. The molecule has 3 aromatic rings. The molecular formula is C14H17N5. The summed E-state index contributed by atoms with van der Waals surface area (Å²) in [6.07, 6.45) is 1.74. The number of fused-ring (bicyclic) bond motifs is 3. The van der Waals surface area contributed by atoms with Gasteiger partial charge in [0.15, 0.2) is 5.82 Å². The van der Waals surface area contributed by atoms with Crippen molar-refractivity contribution in [3.05, 3.63) is 30.6 Å². The summed E-state index contributed by atoms with van der Waals surface area (Å²) in [6.45, 7) is 6.45. The van der Waals surface area contributed by atoms with Gasteiger partial charge in [-0.25, -0.2) is 4.98 Å². The summed E-state index contributed by atoms with van der Waals surface area (Å²) in [5.74, 6) is 0.851. The lowest BCUT2D eigenvalue weighted by Gasteiger charge is -2.33. The molecular weight excluding hydrogens is 238 g/mol. The zero-order valence-corrected chi connectivity index (χ0v) is 11.6. The summed E-state index contributed by atoms with van der Waals surface area (Å²) in [5.41, 5.74) is 2.73. The number of benzene rings is 1. The fourth-order valence-corrected chi connectivity index (χ4v) is 2.03. The lowest BCUT2D eigenvalue weighted by atomic mass is 10.1. The van der Waals surface area contributed by atoms with Crippen LogP contribution >= 0.6 is 0 Å². The SMILES string of the molecule is CN(c1nc2ccccc2n2cnnc12)C(C)(C)C. The molecule has 0 bridgehead atoms. The highest BCUT2D eigenvalue weighted by molar-refractivity contribution is 5.82. The topological polar surface area (TPSA) is 46.3 Å². The van der Waals surface area contributed by atoms with E-state index in [2.05, 4.69) is 35.9 Å². The molecule has 2 heterocycles. The Morgan fingerprint density at radius 2 is 1.89 bits per heavy atom. The largest absolute Gasteiger partial charge is 0.352 e. The highest BCUT2D eigenvalue weighted by Gasteiger charge is 2.22. The Hall–Kier alpha value is -2.17. The van der Waals surface area contributed by atoms with Crippen molar-refractivity contribution >= 4 is 22.5 Å². The fourth-order valence-electron chi connectivity index (χ4n) is 2.03. The first-order valence-corrected chi connectivity index (χ1v) is 6.31. The molecule has 0 saturated heterocycles. The molecule has 0 N–H and O–H groups in total. The zero-order valence-electron chi connectivity index (χ0n) is 11.6. The van der Waals surface area contributed by atoms with E-state index in [1.807, 2.05) is 35.7 Å². The molecule has 0 aliphatic heterocycles. The Balaban J connectivity index is 2.37. The maximum absolute atomic E-state index is 4.74. The van der Waals surface area contributed by atoms with Gasteiger partial charge in [0.05, 0.1) is 11.0 Å². The summed E-state index contributed by atoms with van der Waals surface area (Å²) in [6, 6.07) is 8.03. The van der Waals surface area contributed by atoms with Crippen molar-refractivity contribution in [2.45, 2.75) is 26.3 Å². The van der Waals surface area contributed by atoms with E-state index in [4.69, 9.17) is 4.98 Å². The van der Waals surface area contributed by atoms with E-state index < -0.39 is 0 Å². The molecule has 5 nitrogen and oxygen atoms in total. The third kappa shape index (κ3) is 1.82. The van der Waals surface area contributed by atoms with Crippen LogP contribution in [0.15, 0.2) is 30.6 Å². The van der Waals surface area contributed by atoms with Gasteiger partial charge in [-0.15, -0.1) is 10.2 Å². The standard InChI is InChI=1S/C14H17N5/c1-14(2,3)18(4)12-13-17-15-9-19(13)11-8-6-5-7-10(11)16-12/h5-9H,1-4H3. The van der Waals surface area contributed by atoms with E-state index in [9.17, 15) is 0 Å². The van der Waals surface area contributed by atoms with Crippen LogP contribution in [-0.2, 0) is 0 Å². The van der Waals surface area contributed by atoms with E-state index in [1.54, 1.807) is 6.33 Å². The molecule has 5 heteroatoms. The molecule has 3 rings (SSSR count). The van der Waals surface area contributed by atoms with Gasteiger partial charge in [0.1, 0.15) is 6.33 Å². The van der Waals surface area contributed by atoms with Crippen molar-refractivity contribution < 1.29 is 0 Å². The summed E-state index contributed by atoms with van der Waals surface area (Å²) in [5, 5.41) is 8.24. The van der Waals surface area contributed by atoms with Crippen LogP contribution in [0.2, 0.25) is 0 Å². The highest BCUT2D eigenvalue weighted by Crippen LogP contribution is 2.26. The van der Waals surface area contributed by atoms with Crippen molar-refractivity contribution in [2.75, 3.05) is 11.9 Å². The molecule has 1 aromatic carbocycles. The third-order valence-electron chi connectivity index (χ3n) is 3.44. The van der Waals surface area contributed by atoms with Gasteiger partial charge in [0.2, 0.25) is 5.65 Å². The predicted octanol–water partition coefficient (Wildman–Crippen LogP) is 2.51.